The number of carbonyl (C=O) groups is 2. The first kappa shape index (κ1) is 19.9. The van der Waals surface area contributed by atoms with E-state index in [1.807, 2.05) is 6.07 Å². The maximum absolute atomic E-state index is 12.1. The molecule has 0 radical (unpaired) electrons. The number of furan rings is 1. The number of likely N-dealkylation sites (tertiary alicyclic amines) is 1. The summed E-state index contributed by atoms with van der Waals surface area (Å²) in [5.74, 6) is 0.396. The first-order chi connectivity index (χ1) is 13.6. The average Bonchev–Trinajstić information content (AvgIpc) is 3.07. The van der Waals surface area contributed by atoms with Crippen LogP contribution in [0.2, 0.25) is 0 Å². The first-order valence-corrected chi connectivity index (χ1v) is 9.76. The van der Waals surface area contributed by atoms with E-state index in [-0.39, 0.29) is 18.3 Å². The lowest BCUT2D eigenvalue weighted by atomic mass is 10.0. The lowest BCUT2D eigenvalue weighted by Gasteiger charge is -2.24. The summed E-state index contributed by atoms with van der Waals surface area (Å²) >= 11 is 0. The quantitative estimate of drug-likeness (QED) is 0.683. The van der Waals surface area contributed by atoms with Crippen molar-refractivity contribution in [3.8, 4) is 0 Å². The minimum Gasteiger partial charge on any atom is -0.454 e. The molecule has 0 aliphatic carbocycles. The van der Waals surface area contributed by atoms with Crippen LogP contribution >= 0.6 is 0 Å². The van der Waals surface area contributed by atoms with Crippen molar-refractivity contribution in [3.05, 3.63) is 59.5 Å². The summed E-state index contributed by atoms with van der Waals surface area (Å²) in [6.07, 6.45) is 3.49. The van der Waals surface area contributed by atoms with Gasteiger partial charge in [-0.05, 0) is 43.0 Å². The summed E-state index contributed by atoms with van der Waals surface area (Å²) in [6, 6.07) is 13.4. The zero-order chi connectivity index (χ0) is 19.8. The molecule has 7 nitrogen and oxygen atoms in total. The topological polar surface area (TPSA) is 101 Å². The molecule has 1 unspecified atom stereocenters. The van der Waals surface area contributed by atoms with Crippen molar-refractivity contribution in [1.82, 2.24) is 15.5 Å². The Hall–Kier alpha value is -2.80. The highest BCUT2D eigenvalue weighted by atomic mass is 16.4. The third kappa shape index (κ3) is 6.13. The summed E-state index contributed by atoms with van der Waals surface area (Å²) in [4.78, 5) is 25.6. The number of nitrogens with zero attached hydrogens (tertiary/aromatic N) is 1. The third-order valence-corrected chi connectivity index (χ3v) is 4.98. The number of carbonyl (C=O) groups excluding carboxylic acids is 2. The molecule has 28 heavy (non-hydrogen) atoms. The fourth-order valence-corrected chi connectivity index (χ4v) is 3.54. The van der Waals surface area contributed by atoms with Gasteiger partial charge in [0.05, 0.1) is 6.54 Å². The fourth-order valence-electron chi connectivity index (χ4n) is 3.54. The Balaban J connectivity index is 1.42. The van der Waals surface area contributed by atoms with Crippen LogP contribution in [0.4, 0.5) is 4.79 Å². The molecule has 1 saturated heterocycles. The van der Waals surface area contributed by atoms with E-state index in [1.54, 1.807) is 6.07 Å². The van der Waals surface area contributed by atoms with Crippen molar-refractivity contribution in [2.75, 3.05) is 19.6 Å². The van der Waals surface area contributed by atoms with Crippen LogP contribution in [0.25, 0.3) is 0 Å². The highest BCUT2D eigenvalue weighted by Crippen LogP contribution is 2.18. The third-order valence-electron chi connectivity index (χ3n) is 4.98. The SMILES string of the molecule is NC(=O)c1ccc(CNC(=O)NCC2CCCCN(Cc3ccccc3)C2)o1. The van der Waals surface area contributed by atoms with Crippen molar-refractivity contribution in [2.45, 2.75) is 32.4 Å². The highest BCUT2D eigenvalue weighted by Gasteiger charge is 2.19. The van der Waals surface area contributed by atoms with E-state index in [1.165, 1.54) is 24.5 Å². The van der Waals surface area contributed by atoms with Crippen molar-refractivity contribution in [1.29, 1.82) is 0 Å². The number of hydrogen-bond donors (Lipinski definition) is 3. The van der Waals surface area contributed by atoms with Gasteiger partial charge in [-0.25, -0.2) is 4.79 Å². The van der Waals surface area contributed by atoms with Gasteiger partial charge in [-0.1, -0.05) is 36.8 Å². The second-order valence-electron chi connectivity index (χ2n) is 7.28. The Labute approximate surface area is 165 Å². The molecule has 1 aromatic carbocycles. The molecule has 150 valence electrons. The fraction of sp³-hybridized carbons (Fsp3) is 0.429. The second-order valence-corrected chi connectivity index (χ2v) is 7.28. The number of nitrogens with one attached hydrogen (secondary N) is 2. The van der Waals surface area contributed by atoms with Crippen molar-refractivity contribution in [2.24, 2.45) is 11.7 Å². The normalized spacial score (nSPS) is 17.6. The highest BCUT2D eigenvalue weighted by molar-refractivity contribution is 5.89. The summed E-state index contributed by atoms with van der Waals surface area (Å²) < 4.78 is 5.25. The number of urea groups is 1. The molecular formula is C21H28N4O3. The predicted octanol–water partition coefficient (Wildman–Crippen LogP) is 2.48. The van der Waals surface area contributed by atoms with E-state index < -0.39 is 5.91 Å². The molecule has 0 bridgehead atoms. The minimum atomic E-state index is -0.621. The Kier molecular flexibility index (Phi) is 7.08. The largest absolute Gasteiger partial charge is 0.454 e. The van der Waals surface area contributed by atoms with Gasteiger partial charge in [-0.2, -0.15) is 0 Å². The number of nitrogens with two attached hydrogens (primary N) is 1. The summed E-state index contributed by atoms with van der Waals surface area (Å²) in [5, 5.41) is 5.70. The van der Waals surface area contributed by atoms with E-state index in [9.17, 15) is 9.59 Å². The van der Waals surface area contributed by atoms with Crippen LogP contribution in [0, 0.1) is 5.92 Å². The number of primary amides is 1. The summed E-state index contributed by atoms with van der Waals surface area (Å²) in [6.45, 7) is 3.88. The molecule has 1 aliphatic rings. The summed E-state index contributed by atoms with van der Waals surface area (Å²) in [7, 11) is 0. The van der Waals surface area contributed by atoms with Crippen LogP contribution in [0.3, 0.4) is 0 Å². The molecule has 3 amide bonds. The summed E-state index contributed by atoms with van der Waals surface area (Å²) in [5.41, 5.74) is 6.47. The molecule has 2 aromatic rings. The minimum absolute atomic E-state index is 0.0918. The number of benzene rings is 1. The number of amides is 3. The molecule has 2 heterocycles. The van der Waals surface area contributed by atoms with Gasteiger partial charge in [0.25, 0.3) is 5.91 Å². The van der Waals surface area contributed by atoms with Crippen molar-refractivity contribution >= 4 is 11.9 Å². The lowest BCUT2D eigenvalue weighted by molar-refractivity contribution is 0.0972. The monoisotopic (exact) mass is 384 g/mol. The van der Waals surface area contributed by atoms with Gasteiger partial charge in [0.2, 0.25) is 0 Å². The van der Waals surface area contributed by atoms with Gasteiger partial charge in [-0.3, -0.25) is 9.69 Å². The van der Waals surface area contributed by atoms with E-state index >= 15 is 0 Å². The molecule has 4 N–H and O–H groups in total. The van der Waals surface area contributed by atoms with Crippen LogP contribution in [-0.4, -0.2) is 36.5 Å². The van der Waals surface area contributed by atoms with Gasteiger partial charge < -0.3 is 20.8 Å². The number of rotatable bonds is 7. The molecule has 0 saturated carbocycles. The van der Waals surface area contributed by atoms with Crippen LogP contribution < -0.4 is 16.4 Å². The van der Waals surface area contributed by atoms with Gasteiger partial charge in [0, 0.05) is 19.6 Å². The molecule has 1 aromatic heterocycles. The average molecular weight is 384 g/mol. The van der Waals surface area contributed by atoms with E-state index in [0.717, 1.165) is 26.1 Å². The van der Waals surface area contributed by atoms with Crippen LogP contribution in [0.1, 0.15) is 41.1 Å². The van der Waals surface area contributed by atoms with Crippen LogP contribution in [0.15, 0.2) is 46.9 Å². The number of hydrogen-bond acceptors (Lipinski definition) is 4. The second kappa shape index (κ2) is 9.94. The molecule has 3 rings (SSSR count). The molecule has 0 spiro atoms. The lowest BCUT2D eigenvalue weighted by Crippen LogP contribution is -2.40. The Bertz CT molecular complexity index is 775. The molecule has 1 aliphatic heterocycles. The van der Waals surface area contributed by atoms with Crippen molar-refractivity contribution < 1.29 is 14.0 Å². The van der Waals surface area contributed by atoms with Gasteiger partial charge in [-0.15, -0.1) is 0 Å². The first-order valence-electron chi connectivity index (χ1n) is 9.76. The zero-order valence-electron chi connectivity index (χ0n) is 16.0. The molecule has 7 heteroatoms. The van der Waals surface area contributed by atoms with E-state index in [4.69, 9.17) is 10.2 Å². The maximum Gasteiger partial charge on any atom is 0.315 e. The maximum atomic E-state index is 12.1. The predicted molar refractivity (Wildman–Crippen MR) is 107 cm³/mol. The Morgan fingerprint density at radius 3 is 2.68 bits per heavy atom. The Morgan fingerprint density at radius 1 is 1.11 bits per heavy atom. The van der Waals surface area contributed by atoms with Crippen LogP contribution in [-0.2, 0) is 13.1 Å². The van der Waals surface area contributed by atoms with E-state index in [2.05, 4.69) is 39.8 Å². The molecule has 1 fully saturated rings. The molecule has 1 atom stereocenters. The zero-order valence-corrected chi connectivity index (χ0v) is 16.0. The van der Waals surface area contributed by atoms with Gasteiger partial charge >= 0.3 is 6.03 Å². The smallest absolute Gasteiger partial charge is 0.315 e. The van der Waals surface area contributed by atoms with Gasteiger partial charge in [0.1, 0.15) is 5.76 Å². The Morgan fingerprint density at radius 2 is 1.93 bits per heavy atom. The standard InChI is InChI=1S/C21H28N4O3/c22-20(26)19-10-9-18(28-19)13-24-21(27)23-12-17-8-4-5-11-25(15-17)14-16-6-2-1-3-7-16/h1-3,6-7,9-10,17H,4-5,8,11-15H2,(H2,22,26)(H2,23,24,27). The molecular weight excluding hydrogens is 356 g/mol. The van der Waals surface area contributed by atoms with Gasteiger partial charge in [0.15, 0.2) is 5.76 Å². The van der Waals surface area contributed by atoms with Crippen molar-refractivity contribution in [3.63, 3.8) is 0 Å². The van der Waals surface area contributed by atoms with E-state index in [0.29, 0.717) is 18.2 Å². The van der Waals surface area contributed by atoms with Crippen LogP contribution in [0.5, 0.6) is 0 Å².